The smallest absolute Gasteiger partial charge is 0.230 e. The molecule has 0 bridgehead atoms. The molecule has 3 aromatic rings. The highest BCUT2D eigenvalue weighted by atomic mass is 32.2. The van der Waals surface area contributed by atoms with Crippen molar-refractivity contribution < 1.29 is 4.79 Å². The lowest BCUT2D eigenvalue weighted by Gasteiger charge is -2.12. The number of carbonyl (C=O) groups excluding carboxylic acids is 1. The van der Waals surface area contributed by atoms with Crippen LogP contribution < -0.4 is 5.32 Å². The van der Waals surface area contributed by atoms with Crippen molar-refractivity contribution in [1.29, 1.82) is 0 Å². The van der Waals surface area contributed by atoms with E-state index in [1.807, 2.05) is 52.4 Å². The average molecular weight is 385 g/mol. The number of rotatable bonds is 6. The maximum atomic E-state index is 12.3. The van der Waals surface area contributed by atoms with Gasteiger partial charge in [-0.15, -0.1) is 21.5 Å². The minimum atomic E-state index is 0.0715. The number of benzene rings is 1. The first-order valence-electron chi connectivity index (χ1n) is 8.78. The zero-order valence-electron chi connectivity index (χ0n) is 14.3. The van der Waals surface area contributed by atoms with Crippen LogP contribution in [0.2, 0.25) is 0 Å². The van der Waals surface area contributed by atoms with Gasteiger partial charge in [-0.1, -0.05) is 48.9 Å². The molecule has 4 rings (SSSR count). The first-order chi connectivity index (χ1) is 12.8. The minimum Gasteiger partial charge on any atom is -0.353 e. The van der Waals surface area contributed by atoms with Crippen LogP contribution in [0.5, 0.6) is 0 Å². The lowest BCUT2D eigenvalue weighted by atomic mass is 10.2. The van der Waals surface area contributed by atoms with Crippen molar-refractivity contribution in [3.63, 3.8) is 0 Å². The molecule has 0 saturated heterocycles. The van der Waals surface area contributed by atoms with E-state index in [1.165, 1.54) is 24.6 Å². The summed E-state index contributed by atoms with van der Waals surface area (Å²) >= 11 is 3.07. The summed E-state index contributed by atoms with van der Waals surface area (Å²) in [4.78, 5) is 13.3. The van der Waals surface area contributed by atoms with Crippen LogP contribution in [0.3, 0.4) is 0 Å². The van der Waals surface area contributed by atoms with E-state index < -0.39 is 0 Å². The second-order valence-corrected chi connectivity index (χ2v) is 8.18. The zero-order valence-corrected chi connectivity index (χ0v) is 15.9. The molecule has 0 radical (unpaired) electrons. The van der Waals surface area contributed by atoms with Gasteiger partial charge in [-0.2, -0.15) is 0 Å². The van der Waals surface area contributed by atoms with Crippen LogP contribution in [0.15, 0.2) is 53.0 Å². The molecular formula is C19H20N4OS2. The number of thiophene rings is 1. The normalized spacial score (nSPS) is 14.6. The molecule has 26 heavy (non-hydrogen) atoms. The molecule has 0 spiro atoms. The Balaban J connectivity index is 1.55. The first kappa shape index (κ1) is 17.3. The van der Waals surface area contributed by atoms with Crippen molar-refractivity contribution >= 4 is 29.0 Å². The van der Waals surface area contributed by atoms with Crippen molar-refractivity contribution in [1.82, 2.24) is 20.1 Å². The maximum Gasteiger partial charge on any atom is 0.230 e. The third-order valence-corrected chi connectivity index (χ3v) is 6.24. The molecular weight excluding hydrogens is 364 g/mol. The van der Waals surface area contributed by atoms with Gasteiger partial charge in [-0.25, -0.2) is 0 Å². The summed E-state index contributed by atoms with van der Waals surface area (Å²) in [6.45, 7) is 0. The molecule has 7 heteroatoms. The molecule has 1 aliphatic carbocycles. The van der Waals surface area contributed by atoms with E-state index >= 15 is 0 Å². The number of para-hydroxylation sites is 1. The van der Waals surface area contributed by atoms with E-state index in [0.717, 1.165) is 34.4 Å². The standard InChI is InChI=1S/C19H20N4OS2/c24-17(20-14-7-4-5-8-14)13-26-19-22-21-18(16-11-6-12-25-16)23(19)15-9-2-1-3-10-15/h1-3,6,9-12,14H,4-5,7-8,13H2,(H,20,24). The Morgan fingerprint density at radius 2 is 1.96 bits per heavy atom. The van der Waals surface area contributed by atoms with E-state index in [1.54, 1.807) is 11.3 Å². The number of thioether (sulfide) groups is 1. The lowest BCUT2D eigenvalue weighted by Crippen LogP contribution is -2.33. The number of amides is 1. The van der Waals surface area contributed by atoms with Crippen molar-refractivity contribution in [3.05, 3.63) is 47.8 Å². The fraction of sp³-hybridized carbons (Fsp3) is 0.316. The molecule has 2 heterocycles. The topological polar surface area (TPSA) is 59.8 Å². The van der Waals surface area contributed by atoms with Crippen molar-refractivity contribution in [2.75, 3.05) is 5.75 Å². The molecule has 2 aromatic heterocycles. The third kappa shape index (κ3) is 3.83. The van der Waals surface area contributed by atoms with E-state index in [-0.39, 0.29) is 5.91 Å². The summed E-state index contributed by atoms with van der Waals surface area (Å²) in [6, 6.07) is 14.4. The van der Waals surface area contributed by atoms with Crippen LogP contribution in [0, 0.1) is 0 Å². The number of nitrogens with zero attached hydrogens (tertiary/aromatic N) is 3. The Kier molecular flexibility index (Phi) is 5.36. The maximum absolute atomic E-state index is 12.3. The van der Waals surface area contributed by atoms with Crippen LogP contribution >= 0.6 is 23.1 Å². The van der Waals surface area contributed by atoms with Crippen LogP contribution in [0.4, 0.5) is 0 Å². The minimum absolute atomic E-state index is 0.0715. The average Bonchev–Trinajstić information content (AvgIpc) is 3.41. The summed E-state index contributed by atoms with van der Waals surface area (Å²) in [5, 5.41) is 14.6. The number of nitrogens with one attached hydrogen (secondary N) is 1. The molecule has 1 saturated carbocycles. The Morgan fingerprint density at radius 1 is 1.15 bits per heavy atom. The SMILES string of the molecule is O=C(CSc1nnc(-c2cccs2)n1-c1ccccc1)NC1CCCC1. The van der Waals surface area contributed by atoms with E-state index in [0.29, 0.717) is 11.8 Å². The van der Waals surface area contributed by atoms with Crippen molar-refractivity contribution in [2.45, 2.75) is 36.9 Å². The predicted molar refractivity (Wildman–Crippen MR) is 106 cm³/mol. The summed E-state index contributed by atoms with van der Waals surface area (Å²) in [5.41, 5.74) is 1.000. The summed E-state index contributed by atoms with van der Waals surface area (Å²) < 4.78 is 2.03. The molecule has 0 aliphatic heterocycles. The van der Waals surface area contributed by atoms with Gasteiger partial charge in [-0.3, -0.25) is 9.36 Å². The highest BCUT2D eigenvalue weighted by molar-refractivity contribution is 7.99. The highest BCUT2D eigenvalue weighted by Crippen LogP contribution is 2.30. The van der Waals surface area contributed by atoms with Crippen LogP contribution in [0.25, 0.3) is 16.4 Å². The van der Waals surface area contributed by atoms with E-state index in [9.17, 15) is 4.79 Å². The Labute approximate surface area is 160 Å². The second-order valence-electron chi connectivity index (χ2n) is 6.29. The summed E-state index contributed by atoms with van der Waals surface area (Å²) in [7, 11) is 0. The molecule has 1 aromatic carbocycles. The van der Waals surface area contributed by atoms with Gasteiger partial charge in [-0.05, 0) is 36.4 Å². The van der Waals surface area contributed by atoms with Gasteiger partial charge in [0.25, 0.3) is 0 Å². The lowest BCUT2D eigenvalue weighted by molar-refractivity contribution is -0.119. The fourth-order valence-corrected chi connectivity index (χ4v) is 4.67. The van der Waals surface area contributed by atoms with E-state index in [4.69, 9.17) is 0 Å². The number of carbonyl (C=O) groups is 1. The van der Waals surface area contributed by atoms with Gasteiger partial charge in [0.05, 0.1) is 10.6 Å². The quantitative estimate of drug-likeness (QED) is 0.649. The molecule has 1 N–H and O–H groups in total. The molecule has 1 aliphatic rings. The van der Waals surface area contributed by atoms with Crippen molar-refractivity contribution in [2.24, 2.45) is 0 Å². The van der Waals surface area contributed by atoms with Crippen LogP contribution in [-0.2, 0) is 4.79 Å². The van der Waals surface area contributed by atoms with E-state index in [2.05, 4.69) is 15.5 Å². The van der Waals surface area contributed by atoms with Crippen LogP contribution in [-0.4, -0.2) is 32.5 Å². The highest BCUT2D eigenvalue weighted by Gasteiger charge is 2.20. The van der Waals surface area contributed by atoms with Gasteiger partial charge in [0.1, 0.15) is 0 Å². The Morgan fingerprint density at radius 3 is 2.69 bits per heavy atom. The summed E-state index contributed by atoms with van der Waals surface area (Å²) in [6.07, 6.45) is 4.62. The first-order valence-corrected chi connectivity index (χ1v) is 10.6. The molecule has 134 valence electrons. The second kappa shape index (κ2) is 8.05. The third-order valence-electron chi connectivity index (χ3n) is 4.44. The number of hydrogen-bond acceptors (Lipinski definition) is 5. The van der Waals surface area contributed by atoms with Gasteiger partial charge < -0.3 is 5.32 Å². The zero-order chi connectivity index (χ0) is 17.8. The molecule has 0 atom stereocenters. The predicted octanol–water partition coefficient (Wildman–Crippen LogP) is 4.15. The van der Waals surface area contributed by atoms with Gasteiger partial charge in [0, 0.05) is 11.7 Å². The molecule has 1 amide bonds. The monoisotopic (exact) mass is 384 g/mol. The molecule has 1 fully saturated rings. The van der Waals surface area contributed by atoms with Gasteiger partial charge in [0.15, 0.2) is 11.0 Å². The van der Waals surface area contributed by atoms with Gasteiger partial charge >= 0.3 is 0 Å². The van der Waals surface area contributed by atoms with Gasteiger partial charge in [0.2, 0.25) is 5.91 Å². The van der Waals surface area contributed by atoms with Crippen LogP contribution in [0.1, 0.15) is 25.7 Å². The molecule has 0 unspecified atom stereocenters. The molecule has 5 nitrogen and oxygen atoms in total. The fourth-order valence-electron chi connectivity index (χ4n) is 3.21. The Bertz CT molecular complexity index is 855. The van der Waals surface area contributed by atoms with Crippen molar-refractivity contribution in [3.8, 4) is 16.4 Å². The Hall–Kier alpha value is -2.12. The largest absolute Gasteiger partial charge is 0.353 e. The summed E-state index contributed by atoms with van der Waals surface area (Å²) in [5.74, 6) is 1.23. The number of hydrogen-bond donors (Lipinski definition) is 1. The number of aromatic nitrogens is 3.